The monoisotopic (exact) mass is 386 g/mol. The lowest BCUT2D eigenvalue weighted by atomic mass is 9.71. The smallest absolute Gasteiger partial charge is 0.272 e. The molecule has 0 spiro atoms. The van der Waals surface area contributed by atoms with Gasteiger partial charge in [-0.25, -0.2) is 4.98 Å². The van der Waals surface area contributed by atoms with Crippen molar-refractivity contribution in [3.8, 4) is 0 Å². The van der Waals surface area contributed by atoms with E-state index in [0.29, 0.717) is 12.2 Å². The zero-order valence-electron chi connectivity index (χ0n) is 15.9. The van der Waals surface area contributed by atoms with Crippen molar-refractivity contribution >= 4 is 23.2 Å². The first kappa shape index (κ1) is 18.2. The van der Waals surface area contributed by atoms with E-state index in [9.17, 15) is 9.59 Å². The number of fused-ring (bicyclic) bond motifs is 2. The van der Waals surface area contributed by atoms with Crippen molar-refractivity contribution in [1.82, 2.24) is 19.8 Å². The lowest BCUT2D eigenvalue weighted by Gasteiger charge is -2.35. The minimum Gasteiger partial charge on any atom is -0.355 e. The number of carbonyl (C=O) groups excluding carboxylic acids is 2. The van der Waals surface area contributed by atoms with Crippen LogP contribution in [0.4, 0.5) is 0 Å². The molecule has 2 bridgehead atoms. The molecule has 2 amide bonds. The van der Waals surface area contributed by atoms with Gasteiger partial charge >= 0.3 is 0 Å². The van der Waals surface area contributed by atoms with Crippen LogP contribution in [0.15, 0.2) is 30.0 Å². The summed E-state index contributed by atoms with van der Waals surface area (Å²) >= 11 is 1.72. The molecular formula is C20H26N4O2S. The van der Waals surface area contributed by atoms with Crippen molar-refractivity contribution in [2.45, 2.75) is 51.1 Å². The van der Waals surface area contributed by atoms with Gasteiger partial charge in [0.25, 0.3) is 5.91 Å². The van der Waals surface area contributed by atoms with E-state index in [2.05, 4.69) is 28.7 Å². The Kier molecular flexibility index (Phi) is 4.80. The first-order valence-electron chi connectivity index (χ1n) is 9.66. The highest BCUT2D eigenvalue weighted by Gasteiger charge is 2.60. The Bertz CT molecular complexity index is 831. The maximum absolute atomic E-state index is 13.2. The molecule has 0 aliphatic carbocycles. The summed E-state index contributed by atoms with van der Waals surface area (Å²) in [4.78, 5) is 33.6. The minimum atomic E-state index is -0.466. The molecule has 7 heteroatoms. The van der Waals surface area contributed by atoms with Crippen LogP contribution in [0.2, 0.25) is 0 Å². The summed E-state index contributed by atoms with van der Waals surface area (Å²) in [5.41, 5.74) is 0.129. The Morgan fingerprint density at radius 2 is 2.26 bits per heavy atom. The summed E-state index contributed by atoms with van der Waals surface area (Å²) in [7, 11) is 1.84. The van der Waals surface area contributed by atoms with Gasteiger partial charge in [0, 0.05) is 30.6 Å². The molecule has 0 unspecified atom stereocenters. The number of imidazole rings is 1. The van der Waals surface area contributed by atoms with E-state index in [1.54, 1.807) is 28.4 Å². The molecule has 4 heterocycles. The number of rotatable bonds is 6. The van der Waals surface area contributed by atoms with Crippen LogP contribution in [0.5, 0.6) is 0 Å². The highest BCUT2D eigenvalue weighted by atomic mass is 32.1. The maximum atomic E-state index is 13.2. The van der Waals surface area contributed by atoms with Gasteiger partial charge in [-0.05, 0) is 43.6 Å². The molecule has 3 atom stereocenters. The molecule has 2 aromatic heterocycles. The zero-order valence-corrected chi connectivity index (χ0v) is 16.7. The molecule has 0 saturated carbocycles. The van der Waals surface area contributed by atoms with Crippen molar-refractivity contribution in [2.24, 2.45) is 12.5 Å². The van der Waals surface area contributed by atoms with E-state index in [1.165, 1.54) is 4.88 Å². The van der Waals surface area contributed by atoms with Crippen LogP contribution in [0.1, 0.15) is 48.0 Å². The number of hydrogen-bond acceptors (Lipinski definition) is 4. The van der Waals surface area contributed by atoms with Crippen molar-refractivity contribution in [1.29, 1.82) is 0 Å². The van der Waals surface area contributed by atoms with E-state index in [-0.39, 0.29) is 23.9 Å². The van der Waals surface area contributed by atoms with Crippen LogP contribution >= 0.6 is 11.3 Å². The van der Waals surface area contributed by atoms with Gasteiger partial charge in [0.2, 0.25) is 5.91 Å². The number of aryl methyl sites for hydroxylation is 1. The van der Waals surface area contributed by atoms with Crippen LogP contribution in [0.25, 0.3) is 0 Å². The molecule has 2 fully saturated rings. The molecule has 1 N–H and O–H groups in total. The van der Waals surface area contributed by atoms with Crippen molar-refractivity contribution in [3.63, 3.8) is 0 Å². The van der Waals surface area contributed by atoms with Crippen LogP contribution in [-0.2, 0) is 18.3 Å². The van der Waals surface area contributed by atoms with Gasteiger partial charge in [0.15, 0.2) is 0 Å². The van der Waals surface area contributed by atoms with Gasteiger partial charge in [-0.2, -0.15) is 0 Å². The topological polar surface area (TPSA) is 67.2 Å². The summed E-state index contributed by atoms with van der Waals surface area (Å²) in [6.07, 6.45) is 7.54. The molecule has 2 aliphatic rings. The molecule has 6 nitrogen and oxygen atoms in total. The lowest BCUT2D eigenvalue weighted by Crippen LogP contribution is -2.50. The normalized spacial score (nSPS) is 26.5. The summed E-state index contributed by atoms with van der Waals surface area (Å²) in [5.74, 6) is 0.112. The fourth-order valence-corrected chi connectivity index (χ4v) is 5.61. The number of thiophene rings is 1. The summed E-state index contributed by atoms with van der Waals surface area (Å²) in [6.45, 7) is 2.72. The van der Waals surface area contributed by atoms with Gasteiger partial charge in [-0.15, -0.1) is 11.3 Å². The fraction of sp³-hybridized carbons (Fsp3) is 0.550. The third kappa shape index (κ3) is 2.98. The van der Waals surface area contributed by atoms with Crippen molar-refractivity contribution in [3.05, 3.63) is 40.6 Å². The number of aromatic nitrogens is 2. The Morgan fingerprint density at radius 3 is 2.93 bits per heavy atom. The summed E-state index contributed by atoms with van der Waals surface area (Å²) in [5, 5.41) is 5.22. The van der Waals surface area contributed by atoms with E-state index in [4.69, 9.17) is 0 Å². The third-order valence-electron chi connectivity index (χ3n) is 6.33. The molecule has 2 saturated heterocycles. The molecule has 0 aromatic carbocycles. The minimum absolute atomic E-state index is 0.00390. The quantitative estimate of drug-likeness (QED) is 0.830. The predicted molar refractivity (Wildman–Crippen MR) is 105 cm³/mol. The number of carbonyl (C=O) groups is 2. The second-order valence-electron chi connectivity index (χ2n) is 7.65. The fourth-order valence-electron chi connectivity index (χ4n) is 4.90. The van der Waals surface area contributed by atoms with E-state index in [1.807, 2.05) is 18.0 Å². The molecule has 27 heavy (non-hydrogen) atoms. The van der Waals surface area contributed by atoms with E-state index < -0.39 is 5.41 Å². The van der Waals surface area contributed by atoms with Crippen LogP contribution in [-0.4, -0.2) is 44.9 Å². The number of nitrogens with zero attached hydrogens (tertiary/aromatic N) is 3. The molecule has 0 radical (unpaired) electrons. The second kappa shape index (κ2) is 7.11. The standard InChI is InChI=1S/C20H26N4O2S/c1-3-20(19(26)22-9-8-15-5-4-10-27-15)11-14-6-7-17(20)24(14)18(25)16-12-21-13-23(16)2/h4-5,10,12-14,17H,3,6-9,11H2,1-2H3,(H,22,26)/t14-,17+,20+/m0/s1. The summed E-state index contributed by atoms with van der Waals surface area (Å²) in [6, 6.07) is 4.27. The van der Waals surface area contributed by atoms with Crippen LogP contribution < -0.4 is 5.32 Å². The number of hydrogen-bond donors (Lipinski definition) is 1. The largest absolute Gasteiger partial charge is 0.355 e. The van der Waals surface area contributed by atoms with Gasteiger partial charge in [0.05, 0.1) is 17.9 Å². The average Bonchev–Trinajstić information content (AvgIpc) is 3.44. The van der Waals surface area contributed by atoms with Crippen LogP contribution in [0.3, 0.4) is 0 Å². The van der Waals surface area contributed by atoms with E-state index >= 15 is 0 Å². The van der Waals surface area contributed by atoms with Gasteiger partial charge in [-0.1, -0.05) is 13.0 Å². The summed E-state index contributed by atoms with van der Waals surface area (Å²) < 4.78 is 1.76. The maximum Gasteiger partial charge on any atom is 0.272 e. The average molecular weight is 387 g/mol. The van der Waals surface area contributed by atoms with Gasteiger partial charge in [-0.3, -0.25) is 9.59 Å². The first-order chi connectivity index (χ1) is 13.1. The Hall–Kier alpha value is -2.15. The van der Waals surface area contributed by atoms with Gasteiger partial charge in [0.1, 0.15) is 5.69 Å². The molecule has 144 valence electrons. The second-order valence-corrected chi connectivity index (χ2v) is 8.68. The number of amides is 2. The van der Waals surface area contributed by atoms with E-state index in [0.717, 1.165) is 32.1 Å². The number of nitrogens with one attached hydrogen (secondary N) is 1. The van der Waals surface area contributed by atoms with Crippen molar-refractivity contribution in [2.75, 3.05) is 6.54 Å². The van der Waals surface area contributed by atoms with Crippen LogP contribution in [0, 0.1) is 5.41 Å². The molecular weight excluding hydrogens is 360 g/mol. The SMILES string of the molecule is CC[C@@]1(C(=O)NCCc2cccs2)C[C@@H]2CC[C@H]1N2C(=O)c1cncn1C. The molecule has 2 aromatic rings. The van der Waals surface area contributed by atoms with Gasteiger partial charge < -0.3 is 14.8 Å². The Morgan fingerprint density at radius 1 is 1.41 bits per heavy atom. The molecule has 4 rings (SSSR count). The highest BCUT2D eigenvalue weighted by Crippen LogP contribution is 2.52. The molecule has 2 aliphatic heterocycles. The Labute approximate surface area is 163 Å². The predicted octanol–water partition coefficient (Wildman–Crippen LogP) is 2.61. The third-order valence-corrected chi connectivity index (χ3v) is 7.27. The Balaban J connectivity index is 1.49. The zero-order chi connectivity index (χ0) is 19.0. The van der Waals surface area contributed by atoms with Crippen molar-refractivity contribution < 1.29 is 9.59 Å². The highest BCUT2D eigenvalue weighted by molar-refractivity contribution is 7.09. The first-order valence-corrected chi connectivity index (χ1v) is 10.5. The lowest BCUT2D eigenvalue weighted by molar-refractivity contribution is -0.132.